The van der Waals surface area contributed by atoms with Gasteiger partial charge in [-0.2, -0.15) is 0 Å². The smallest absolute Gasteiger partial charge is 0.0255 e. The quantitative estimate of drug-likeness (QED) is 0.845. The number of rotatable bonds is 2. The Morgan fingerprint density at radius 1 is 1.10 bits per heavy atom. The van der Waals surface area contributed by atoms with Crippen molar-refractivity contribution in [3.63, 3.8) is 0 Å². The van der Waals surface area contributed by atoms with E-state index in [1.54, 1.807) is 0 Å². The van der Waals surface area contributed by atoms with Crippen molar-refractivity contribution in [1.29, 1.82) is 0 Å². The van der Waals surface area contributed by atoms with E-state index in [0.29, 0.717) is 17.5 Å². The summed E-state index contributed by atoms with van der Waals surface area (Å²) in [4.78, 5) is 5.33. The third-order valence-electron chi connectivity index (χ3n) is 5.94. The van der Waals surface area contributed by atoms with Crippen LogP contribution in [0, 0.1) is 11.3 Å². The van der Waals surface area contributed by atoms with Gasteiger partial charge in [0.15, 0.2) is 0 Å². The molecule has 3 nitrogen and oxygen atoms in total. The lowest BCUT2D eigenvalue weighted by Gasteiger charge is -2.47. The van der Waals surface area contributed by atoms with Crippen LogP contribution >= 0.6 is 0 Å². The third kappa shape index (κ3) is 4.20. The van der Waals surface area contributed by atoms with E-state index >= 15 is 0 Å². The minimum Gasteiger partial charge on any atom is -0.315 e. The first-order chi connectivity index (χ1) is 9.82. The standard InChI is InChI=1S/C18H37N3/c1-14-13-20(6)10-7-11-21(14)17-12-15(18(2,3)4)8-9-16(17)19-5/h14-17,19H,7-13H2,1-6H3. The van der Waals surface area contributed by atoms with Crippen LogP contribution in [-0.4, -0.2) is 61.7 Å². The summed E-state index contributed by atoms with van der Waals surface area (Å²) in [6.07, 6.45) is 5.40. The Morgan fingerprint density at radius 3 is 2.43 bits per heavy atom. The highest BCUT2D eigenvalue weighted by atomic mass is 15.3. The topological polar surface area (TPSA) is 18.5 Å². The minimum absolute atomic E-state index is 0.447. The van der Waals surface area contributed by atoms with Crippen LogP contribution in [0.5, 0.6) is 0 Å². The predicted octanol–water partition coefficient (Wildman–Crippen LogP) is 2.82. The van der Waals surface area contributed by atoms with E-state index in [-0.39, 0.29) is 0 Å². The summed E-state index contributed by atoms with van der Waals surface area (Å²) in [7, 11) is 4.43. The van der Waals surface area contributed by atoms with Crippen LogP contribution in [0.15, 0.2) is 0 Å². The largest absolute Gasteiger partial charge is 0.315 e. The van der Waals surface area contributed by atoms with E-state index in [1.807, 2.05) is 0 Å². The van der Waals surface area contributed by atoms with E-state index in [1.165, 1.54) is 45.3 Å². The van der Waals surface area contributed by atoms with Crippen LogP contribution in [0.25, 0.3) is 0 Å². The molecule has 1 saturated carbocycles. The maximum absolute atomic E-state index is 3.62. The molecule has 0 amide bonds. The lowest BCUT2D eigenvalue weighted by atomic mass is 9.69. The first-order valence-corrected chi connectivity index (χ1v) is 8.94. The molecule has 1 N–H and O–H groups in total. The fourth-order valence-corrected chi connectivity index (χ4v) is 4.52. The third-order valence-corrected chi connectivity index (χ3v) is 5.94. The number of hydrogen-bond donors (Lipinski definition) is 1. The summed E-state index contributed by atoms with van der Waals surface area (Å²) >= 11 is 0. The lowest BCUT2D eigenvalue weighted by Crippen LogP contribution is -2.56. The van der Waals surface area contributed by atoms with Crippen LogP contribution < -0.4 is 5.32 Å². The van der Waals surface area contributed by atoms with E-state index < -0.39 is 0 Å². The molecule has 0 bridgehead atoms. The van der Waals surface area contributed by atoms with E-state index in [0.717, 1.165) is 12.0 Å². The summed E-state index contributed by atoms with van der Waals surface area (Å²) in [5.41, 5.74) is 0.447. The summed E-state index contributed by atoms with van der Waals surface area (Å²) in [6, 6.07) is 2.07. The molecular weight excluding hydrogens is 258 g/mol. The number of nitrogens with zero attached hydrogens (tertiary/aromatic N) is 2. The van der Waals surface area contributed by atoms with Crippen molar-refractivity contribution in [2.75, 3.05) is 33.7 Å². The van der Waals surface area contributed by atoms with Gasteiger partial charge in [-0.3, -0.25) is 4.90 Å². The average molecular weight is 296 g/mol. The van der Waals surface area contributed by atoms with E-state index in [2.05, 4.69) is 56.9 Å². The monoisotopic (exact) mass is 295 g/mol. The first-order valence-electron chi connectivity index (χ1n) is 8.94. The maximum Gasteiger partial charge on any atom is 0.0255 e. The van der Waals surface area contributed by atoms with E-state index in [9.17, 15) is 0 Å². The van der Waals surface area contributed by atoms with Gasteiger partial charge in [0.05, 0.1) is 0 Å². The van der Waals surface area contributed by atoms with Crippen molar-refractivity contribution in [3.05, 3.63) is 0 Å². The fraction of sp³-hybridized carbons (Fsp3) is 1.00. The molecule has 0 aromatic rings. The molecule has 3 heteroatoms. The maximum atomic E-state index is 3.62. The Morgan fingerprint density at radius 2 is 1.81 bits per heavy atom. The zero-order chi connectivity index (χ0) is 15.6. The van der Waals surface area contributed by atoms with E-state index in [4.69, 9.17) is 0 Å². The number of likely N-dealkylation sites (N-methyl/N-ethyl adjacent to an activating group) is 2. The van der Waals surface area contributed by atoms with Gasteiger partial charge < -0.3 is 10.2 Å². The molecule has 2 fully saturated rings. The average Bonchev–Trinajstić information content (AvgIpc) is 2.57. The van der Waals surface area contributed by atoms with Crippen molar-refractivity contribution in [2.24, 2.45) is 11.3 Å². The fourth-order valence-electron chi connectivity index (χ4n) is 4.52. The van der Waals surface area contributed by atoms with Gasteiger partial charge in [0, 0.05) is 31.2 Å². The predicted molar refractivity (Wildman–Crippen MR) is 91.7 cm³/mol. The zero-order valence-corrected chi connectivity index (χ0v) is 15.2. The summed E-state index contributed by atoms with van der Waals surface area (Å²) in [6.45, 7) is 13.4. The van der Waals surface area contributed by atoms with Crippen molar-refractivity contribution in [2.45, 2.75) is 71.5 Å². The molecule has 0 aromatic carbocycles. The molecular formula is C18H37N3. The molecule has 1 aliphatic heterocycles. The molecule has 2 rings (SSSR count). The highest BCUT2D eigenvalue weighted by Gasteiger charge is 2.39. The van der Waals surface area contributed by atoms with Gasteiger partial charge in [-0.05, 0) is 64.6 Å². The summed E-state index contributed by atoms with van der Waals surface area (Å²) < 4.78 is 0. The molecule has 0 spiro atoms. The molecule has 1 aliphatic carbocycles. The Bertz CT molecular complexity index is 323. The Balaban J connectivity index is 2.12. The molecule has 4 atom stereocenters. The second-order valence-electron chi connectivity index (χ2n) is 8.54. The van der Waals surface area contributed by atoms with Gasteiger partial charge in [0.1, 0.15) is 0 Å². The van der Waals surface area contributed by atoms with Crippen LogP contribution in [0.4, 0.5) is 0 Å². The minimum atomic E-state index is 0.447. The lowest BCUT2D eigenvalue weighted by molar-refractivity contribution is 0.0401. The molecule has 2 aliphatic rings. The number of nitrogens with one attached hydrogen (secondary N) is 1. The second kappa shape index (κ2) is 6.97. The van der Waals surface area contributed by atoms with Gasteiger partial charge in [0.25, 0.3) is 0 Å². The van der Waals surface area contributed by atoms with Crippen LogP contribution in [0.2, 0.25) is 0 Å². The molecule has 124 valence electrons. The molecule has 4 unspecified atom stereocenters. The Kier molecular flexibility index (Phi) is 5.72. The zero-order valence-electron chi connectivity index (χ0n) is 15.2. The molecule has 1 saturated heterocycles. The molecule has 21 heavy (non-hydrogen) atoms. The van der Waals surface area contributed by atoms with Gasteiger partial charge in [-0.1, -0.05) is 20.8 Å². The SMILES string of the molecule is CNC1CCC(C(C)(C)C)CC1N1CCCN(C)CC1C. The van der Waals surface area contributed by atoms with Gasteiger partial charge >= 0.3 is 0 Å². The van der Waals surface area contributed by atoms with Crippen LogP contribution in [0.3, 0.4) is 0 Å². The Hall–Kier alpha value is -0.120. The first kappa shape index (κ1) is 17.2. The molecule has 0 radical (unpaired) electrons. The second-order valence-corrected chi connectivity index (χ2v) is 8.54. The van der Waals surface area contributed by atoms with Crippen molar-refractivity contribution in [1.82, 2.24) is 15.1 Å². The van der Waals surface area contributed by atoms with Crippen LogP contribution in [0.1, 0.15) is 53.4 Å². The number of hydrogen-bond acceptors (Lipinski definition) is 3. The molecule has 0 aromatic heterocycles. The van der Waals surface area contributed by atoms with Gasteiger partial charge in [0.2, 0.25) is 0 Å². The van der Waals surface area contributed by atoms with Crippen molar-refractivity contribution < 1.29 is 0 Å². The van der Waals surface area contributed by atoms with Crippen LogP contribution in [-0.2, 0) is 0 Å². The van der Waals surface area contributed by atoms with Gasteiger partial charge in [-0.15, -0.1) is 0 Å². The normalized spacial score (nSPS) is 37.4. The van der Waals surface area contributed by atoms with Crippen molar-refractivity contribution in [3.8, 4) is 0 Å². The highest BCUT2D eigenvalue weighted by molar-refractivity contribution is 4.96. The Labute approximate surface area is 132 Å². The van der Waals surface area contributed by atoms with Gasteiger partial charge in [-0.25, -0.2) is 0 Å². The highest BCUT2D eigenvalue weighted by Crippen LogP contribution is 2.40. The molecule has 1 heterocycles. The summed E-state index contributed by atoms with van der Waals surface area (Å²) in [5.74, 6) is 0.861. The summed E-state index contributed by atoms with van der Waals surface area (Å²) in [5, 5.41) is 3.62. The van der Waals surface area contributed by atoms with Crippen molar-refractivity contribution >= 4 is 0 Å².